The highest BCUT2D eigenvalue weighted by molar-refractivity contribution is 7.19. The molecule has 0 aliphatic heterocycles. The van der Waals surface area contributed by atoms with Crippen LogP contribution < -0.4 is 16.0 Å². The van der Waals surface area contributed by atoms with Crippen molar-refractivity contribution in [3.05, 3.63) is 76.7 Å². The molecule has 30 heavy (non-hydrogen) atoms. The molecule has 0 spiro atoms. The third-order valence-corrected chi connectivity index (χ3v) is 5.33. The van der Waals surface area contributed by atoms with E-state index in [1.54, 1.807) is 50.2 Å². The van der Waals surface area contributed by atoms with Gasteiger partial charge in [0, 0.05) is 11.4 Å². The number of para-hydroxylation sites is 2. The van der Waals surface area contributed by atoms with Crippen LogP contribution in [0.25, 0.3) is 0 Å². The van der Waals surface area contributed by atoms with Crippen LogP contribution in [0.15, 0.2) is 60.7 Å². The Hall–Kier alpha value is -3.65. The molecular weight excluding hydrogens is 402 g/mol. The van der Waals surface area contributed by atoms with Gasteiger partial charge in [-0.15, -0.1) is 11.3 Å². The van der Waals surface area contributed by atoms with Gasteiger partial charge in [0.1, 0.15) is 5.00 Å². The number of carbonyl (C=O) groups excluding carboxylic acids is 3. The monoisotopic (exact) mass is 423 g/mol. The van der Waals surface area contributed by atoms with E-state index >= 15 is 0 Å². The van der Waals surface area contributed by atoms with E-state index in [-0.39, 0.29) is 23.1 Å². The predicted octanol–water partition coefficient (Wildman–Crippen LogP) is 5.13. The van der Waals surface area contributed by atoms with E-state index in [1.807, 2.05) is 24.3 Å². The van der Waals surface area contributed by atoms with Crippen LogP contribution in [0.3, 0.4) is 0 Å². The van der Waals surface area contributed by atoms with Gasteiger partial charge in [-0.05, 0) is 43.7 Å². The molecule has 0 saturated carbocycles. The average molecular weight is 423 g/mol. The maximum Gasteiger partial charge on any atom is 0.341 e. The first-order valence-electron chi connectivity index (χ1n) is 9.29. The van der Waals surface area contributed by atoms with E-state index in [1.165, 1.54) is 0 Å². The quantitative estimate of drug-likeness (QED) is 0.479. The maximum atomic E-state index is 12.8. The van der Waals surface area contributed by atoms with E-state index in [0.717, 1.165) is 11.3 Å². The summed E-state index contributed by atoms with van der Waals surface area (Å²) < 4.78 is 5.12. The largest absolute Gasteiger partial charge is 0.462 e. The highest BCUT2D eigenvalue weighted by atomic mass is 32.1. The molecule has 3 aromatic rings. The zero-order valence-electron chi connectivity index (χ0n) is 16.5. The first-order chi connectivity index (χ1) is 14.5. The van der Waals surface area contributed by atoms with Gasteiger partial charge in [-0.1, -0.05) is 36.4 Å². The predicted molar refractivity (Wildman–Crippen MR) is 118 cm³/mol. The molecule has 0 radical (unpaired) electrons. The third-order valence-electron chi connectivity index (χ3n) is 4.12. The first-order valence-corrected chi connectivity index (χ1v) is 10.1. The molecule has 0 atom stereocenters. The Bertz CT molecular complexity index is 1050. The van der Waals surface area contributed by atoms with Crippen molar-refractivity contribution >= 4 is 45.6 Å². The van der Waals surface area contributed by atoms with Crippen LogP contribution >= 0.6 is 11.3 Å². The SMILES string of the molecule is CCOC(=O)c1c(NC(=O)Nc2ccccc2)sc(C(=O)Nc2ccccc2)c1C. The van der Waals surface area contributed by atoms with Crippen LogP contribution in [0.1, 0.15) is 32.5 Å². The second-order valence-electron chi connectivity index (χ2n) is 6.25. The van der Waals surface area contributed by atoms with Crippen molar-refractivity contribution in [2.45, 2.75) is 13.8 Å². The summed E-state index contributed by atoms with van der Waals surface area (Å²) >= 11 is 1.02. The molecule has 2 aromatic carbocycles. The van der Waals surface area contributed by atoms with Gasteiger partial charge < -0.3 is 15.4 Å². The number of ether oxygens (including phenoxy) is 1. The Kier molecular flexibility index (Phi) is 6.82. The summed E-state index contributed by atoms with van der Waals surface area (Å²) in [6.45, 7) is 3.52. The highest BCUT2D eigenvalue weighted by Crippen LogP contribution is 2.34. The minimum Gasteiger partial charge on any atom is -0.462 e. The number of esters is 1. The van der Waals surface area contributed by atoms with Gasteiger partial charge in [0.05, 0.1) is 17.0 Å². The smallest absolute Gasteiger partial charge is 0.341 e. The molecule has 0 bridgehead atoms. The van der Waals surface area contributed by atoms with Crippen molar-refractivity contribution in [2.24, 2.45) is 0 Å². The maximum absolute atomic E-state index is 12.8. The van der Waals surface area contributed by atoms with Gasteiger partial charge in [0.2, 0.25) is 0 Å². The minimum atomic E-state index is -0.597. The molecule has 0 aliphatic rings. The van der Waals surface area contributed by atoms with E-state index in [9.17, 15) is 14.4 Å². The topological polar surface area (TPSA) is 96.5 Å². The number of hydrogen-bond donors (Lipinski definition) is 3. The van der Waals surface area contributed by atoms with E-state index in [4.69, 9.17) is 4.74 Å². The molecular formula is C22H21N3O4S. The zero-order valence-corrected chi connectivity index (χ0v) is 17.3. The van der Waals surface area contributed by atoms with Crippen LogP contribution in [0.2, 0.25) is 0 Å². The number of carbonyl (C=O) groups is 3. The van der Waals surface area contributed by atoms with Crippen LogP contribution in [-0.2, 0) is 4.74 Å². The molecule has 1 aromatic heterocycles. The van der Waals surface area contributed by atoms with Crippen molar-refractivity contribution in [3.8, 4) is 0 Å². The second-order valence-corrected chi connectivity index (χ2v) is 7.27. The lowest BCUT2D eigenvalue weighted by atomic mass is 10.1. The Morgan fingerprint density at radius 3 is 2.00 bits per heavy atom. The number of thiophene rings is 1. The standard InChI is InChI=1S/C22H21N3O4S/c1-3-29-21(27)17-14(2)18(19(26)23-15-10-6-4-7-11-15)30-20(17)25-22(28)24-16-12-8-5-9-13-16/h4-13H,3H2,1-2H3,(H,23,26)(H2,24,25,28). The summed E-state index contributed by atoms with van der Waals surface area (Å²) in [7, 11) is 0. The summed E-state index contributed by atoms with van der Waals surface area (Å²) in [6, 6.07) is 17.4. The van der Waals surface area contributed by atoms with Gasteiger partial charge in [0.25, 0.3) is 5.91 Å². The fourth-order valence-corrected chi connectivity index (χ4v) is 3.85. The fraction of sp³-hybridized carbons (Fsp3) is 0.136. The number of amides is 3. The molecule has 3 N–H and O–H groups in total. The summed E-state index contributed by atoms with van der Waals surface area (Å²) in [6.07, 6.45) is 0. The van der Waals surface area contributed by atoms with Crippen LogP contribution in [0.5, 0.6) is 0 Å². The van der Waals surface area contributed by atoms with Crippen molar-refractivity contribution in [1.29, 1.82) is 0 Å². The van der Waals surface area contributed by atoms with E-state index in [0.29, 0.717) is 21.8 Å². The molecule has 0 unspecified atom stereocenters. The van der Waals surface area contributed by atoms with Crippen molar-refractivity contribution < 1.29 is 19.1 Å². The molecule has 0 saturated heterocycles. The normalized spacial score (nSPS) is 10.2. The third kappa shape index (κ3) is 5.03. The molecule has 0 aliphatic carbocycles. The van der Waals surface area contributed by atoms with Gasteiger partial charge in [-0.2, -0.15) is 0 Å². The number of nitrogens with one attached hydrogen (secondary N) is 3. The molecule has 0 fully saturated rings. The number of hydrogen-bond acceptors (Lipinski definition) is 5. The molecule has 3 rings (SSSR count). The zero-order chi connectivity index (χ0) is 21.5. The Balaban J connectivity index is 1.87. The summed E-state index contributed by atoms with van der Waals surface area (Å²) in [5.41, 5.74) is 1.84. The Labute approximate surface area is 178 Å². The van der Waals surface area contributed by atoms with Gasteiger partial charge in [-0.3, -0.25) is 10.1 Å². The van der Waals surface area contributed by atoms with Gasteiger partial charge in [0.15, 0.2) is 0 Å². The van der Waals surface area contributed by atoms with Crippen LogP contribution in [0.4, 0.5) is 21.2 Å². The lowest BCUT2D eigenvalue weighted by Gasteiger charge is -2.08. The lowest BCUT2D eigenvalue weighted by molar-refractivity contribution is 0.0527. The number of anilines is 3. The fourth-order valence-electron chi connectivity index (χ4n) is 2.76. The Morgan fingerprint density at radius 2 is 1.43 bits per heavy atom. The average Bonchev–Trinajstić information content (AvgIpc) is 3.05. The lowest BCUT2D eigenvalue weighted by Crippen LogP contribution is -2.20. The summed E-state index contributed by atoms with van der Waals surface area (Å²) in [5.74, 6) is -0.967. The van der Waals surface area contributed by atoms with Crippen molar-refractivity contribution in [1.82, 2.24) is 0 Å². The molecule has 8 heteroatoms. The van der Waals surface area contributed by atoms with E-state index in [2.05, 4.69) is 16.0 Å². The van der Waals surface area contributed by atoms with Gasteiger partial charge >= 0.3 is 12.0 Å². The van der Waals surface area contributed by atoms with Crippen molar-refractivity contribution in [3.63, 3.8) is 0 Å². The van der Waals surface area contributed by atoms with Gasteiger partial charge in [-0.25, -0.2) is 9.59 Å². The van der Waals surface area contributed by atoms with Crippen molar-refractivity contribution in [2.75, 3.05) is 22.6 Å². The number of benzene rings is 2. The molecule has 7 nitrogen and oxygen atoms in total. The number of rotatable bonds is 6. The molecule has 1 heterocycles. The minimum absolute atomic E-state index is 0.170. The summed E-state index contributed by atoms with van der Waals surface area (Å²) in [5, 5.41) is 8.40. The second kappa shape index (κ2) is 9.71. The molecule has 154 valence electrons. The number of urea groups is 1. The summed E-state index contributed by atoms with van der Waals surface area (Å²) in [4.78, 5) is 38.0. The Morgan fingerprint density at radius 1 is 0.867 bits per heavy atom. The van der Waals surface area contributed by atoms with Crippen LogP contribution in [0, 0.1) is 6.92 Å². The van der Waals surface area contributed by atoms with Crippen LogP contribution in [-0.4, -0.2) is 24.5 Å². The first kappa shape index (κ1) is 21.1. The van der Waals surface area contributed by atoms with E-state index < -0.39 is 12.0 Å². The highest BCUT2D eigenvalue weighted by Gasteiger charge is 2.26. The molecule has 3 amide bonds.